The number of fused-ring (bicyclic) bond motifs is 1. The first-order valence-corrected chi connectivity index (χ1v) is 12.5. The molecule has 0 saturated carbocycles. The lowest BCUT2D eigenvalue weighted by Crippen LogP contribution is -2.34. The Hall–Kier alpha value is -2.61. The Labute approximate surface area is 199 Å². The number of thioether (sulfide) groups is 1. The fourth-order valence-electron chi connectivity index (χ4n) is 3.38. The van der Waals surface area contributed by atoms with E-state index in [4.69, 9.17) is 11.6 Å². The number of carbonyl (C=O) groups is 1. The van der Waals surface area contributed by atoms with Gasteiger partial charge < -0.3 is 5.32 Å². The van der Waals surface area contributed by atoms with Gasteiger partial charge in [-0.25, -0.2) is 4.98 Å². The maximum Gasteiger partial charge on any atom is 0.276 e. The number of hydrogen-bond donors (Lipinski definition) is 1. The summed E-state index contributed by atoms with van der Waals surface area (Å²) in [6.45, 7) is 2.00. The molecular weight excluding hydrogens is 462 g/mol. The van der Waals surface area contributed by atoms with Gasteiger partial charge in [-0.1, -0.05) is 65.8 Å². The molecule has 0 aliphatic carbocycles. The molecular formula is C24H22ClN3O2S2. The van der Waals surface area contributed by atoms with E-state index in [1.165, 1.54) is 33.2 Å². The molecule has 0 spiro atoms. The van der Waals surface area contributed by atoms with Crippen molar-refractivity contribution in [1.29, 1.82) is 0 Å². The maximum atomic E-state index is 13.2. The van der Waals surface area contributed by atoms with Crippen molar-refractivity contribution in [2.24, 2.45) is 0 Å². The minimum absolute atomic E-state index is 0.0429. The molecule has 2 heterocycles. The molecule has 0 unspecified atom stereocenters. The quantitative estimate of drug-likeness (QED) is 0.272. The predicted molar refractivity (Wildman–Crippen MR) is 133 cm³/mol. The van der Waals surface area contributed by atoms with Crippen LogP contribution in [0.4, 0.5) is 0 Å². The van der Waals surface area contributed by atoms with E-state index in [9.17, 15) is 9.59 Å². The van der Waals surface area contributed by atoms with Crippen LogP contribution in [0.15, 0.2) is 76.0 Å². The highest BCUT2D eigenvalue weighted by Crippen LogP contribution is 2.27. The van der Waals surface area contributed by atoms with Gasteiger partial charge in [0.15, 0.2) is 5.16 Å². The van der Waals surface area contributed by atoms with Gasteiger partial charge in [-0.15, -0.1) is 11.3 Å². The number of para-hydroxylation sites is 1. The first-order valence-electron chi connectivity index (χ1n) is 10.2. The molecule has 0 fully saturated rings. The summed E-state index contributed by atoms with van der Waals surface area (Å²) in [5.74, 6) is 0.0586. The molecule has 2 aromatic heterocycles. The van der Waals surface area contributed by atoms with Crippen molar-refractivity contribution >= 4 is 50.8 Å². The summed E-state index contributed by atoms with van der Waals surface area (Å²) in [6.07, 6.45) is 1.75. The van der Waals surface area contributed by atoms with Crippen LogP contribution in [-0.4, -0.2) is 27.3 Å². The molecule has 0 saturated heterocycles. The van der Waals surface area contributed by atoms with Crippen LogP contribution in [0.1, 0.15) is 18.9 Å². The van der Waals surface area contributed by atoms with E-state index in [1.54, 1.807) is 12.1 Å². The van der Waals surface area contributed by atoms with Crippen LogP contribution in [0.3, 0.4) is 0 Å². The monoisotopic (exact) mass is 483 g/mol. The zero-order valence-electron chi connectivity index (χ0n) is 17.5. The van der Waals surface area contributed by atoms with E-state index < -0.39 is 0 Å². The van der Waals surface area contributed by atoms with Gasteiger partial charge in [0, 0.05) is 6.04 Å². The van der Waals surface area contributed by atoms with E-state index in [0.29, 0.717) is 26.1 Å². The first-order chi connectivity index (χ1) is 15.5. The highest BCUT2D eigenvalue weighted by atomic mass is 35.5. The Bertz CT molecular complexity index is 1290. The highest BCUT2D eigenvalue weighted by Gasteiger charge is 2.17. The molecule has 1 atom stereocenters. The largest absolute Gasteiger partial charge is 0.353 e. The molecule has 4 rings (SSSR count). The molecule has 1 amide bonds. The molecule has 2 aromatic carbocycles. The smallest absolute Gasteiger partial charge is 0.276 e. The molecule has 8 heteroatoms. The summed E-state index contributed by atoms with van der Waals surface area (Å²) in [6, 6.07) is 19.2. The van der Waals surface area contributed by atoms with Gasteiger partial charge in [-0.3, -0.25) is 14.2 Å². The Balaban J connectivity index is 1.48. The van der Waals surface area contributed by atoms with Crippen molar-refractivity contribution in [3.63, 3.8) is 0 Å². The number of nitrogens with zero attached hydrogens (tertiary/aromatic N) is 2. The maximum absolute atomic E-state index is 13.2. The van der Waals surface area contributed by atoms with Crippen molar-refractivity contribution in [1.82, 2.24) is 14.9 Å². The summed E-state index contributed by atoms with van der Waals surface area (Å²) < 4.78 is 2.06. The van der Waals surface area contributed by atoms with E-state index in [2.05, 4.69) is 22.4 Å². The number of hydrogen-bond acceptors (Lipinski definition) is 5. The molecule has 164 valence electrons. The normalized spacial score (nSPS) is 12.1. The van der Waals surface area contributed by atoms with Crippen LogP contribution in [0.5, 0.6) is 0 Å². The SMILES string of the molecule is C[C@@H](CCc1ccccc1)NC(=O)CSc1nc2ccsc2c(=O)n1-c1ccccc1Cl. The van der Waals surface area contributed by atoms with Gasteiger partial charge in [0.2, 0.25) is 5.91 Å². The average molecular weight is 484 g/mol. The van der Waals surface area contributed by atoms with E-state index in [1.807, 2.05) is 48.7 Å². The molecule has 1 N–H and O–H groups in total. The number of aromatic nitrogens is 2. The number of carbonyl (C=O) groups excluding carboxylic acids is 1. The summed E-state index contributed by atoms with van der Waals surface area (Å²) >= 11 is 8.95. The molecule has 32 heavy (non-hydrogen) atoms. The second-order valence-corrected chi connectivity index (χ2v) is 9.67. The number of aryl methyl sites for hydroxylation is 1. The lowest BCUT2D eigenvalue weighted by molar-refractivity contribution is -0.119. The lowest BCUT2D eigenvalue weighted by Gasteiger charge is -2.15. The average Bonchev–Trinajstić information content (AvgIpc) is 3.27. The van der Waals surface area contributed by atoms with Crippen LogP contribution in [-0.2, 0) is 11.2 Å². The molecule has 0 aliphatic heterocycles. The highest BCUT2D eigenvalue weighted by molar-refractivity contribution is 7.99. The Morgan fingerprint density at radius 3 is 2.69 bits per heavy atom. The summed E-state index contributed by atoms with van der Waals surface area (Å²) in [4.78, 5) is 30.4. The molecule has 4 aromatic rings. The zero-order chi connectivity index (χ0) is 22.5. The Morgan fingerprint density at radius 2 is 1.91 bits per heavy atom. The number of rotatable bonds is 8. The van der Waals surface area contributed by atoms with Gasteiger partial charge in [0.25, 0.3) is 5.56 Å². The number of amides is 1. The van der Waals surface area contributed by atoms with Gasteiger partial charge in [-0.05, 0) is 48.9 Å². The third-order valence-corrected chi connectivity index (χ3v) is 7.14. The van der Waals surface area contributed by atoms with E-state index in [0.717, 1.165) is 12.8 Å². The van der Waals surface area contributed by atoms with E-state index in [-0.39, 0.29) is 23.3 Å². The van der Waals surface area contributed by atoms with Crippen LogP contribution in [0, 0.1) is 0 Å². The van der Waals surface area contributed by atoms with Crippen LogP contribution in [0.25, 0.3) is 15.9 Å². The first kappa shape index (κ1) is 22.6. The Morgan fingerprint density at radius 1 is 1.16 bits per heavy atom. The van der Waals surface area contributed by atoms with Crippen molar-refractivity contribution in [2.75, 3.05) is 5.75 Å². The lowest BCUT2D eigenvalue weighted by atomic mass is 10.1. The van der Waals surface area contributed by atoms with E-state index >= 15 is 0 Å². The number of thiophene rings is 1. The molecule has 0 aliphatic rings. The van der Waals surface area contributed by atoms with Gasteiger partial charge in [0.1, 0.15) is 4.70 Å². The van der Waals surface area contributed by atoms with Crippen LogP contribution < -0.4 is 10.9 Å². The standard InChI is InChI=1S/C24H22ClN3O2S2/c1-16(11-12-17-7-3-2-4-8-17)26-21(29)15-32-24-27-19-13-14-31-22(19)23(30)28(24)20-10-6-5-9-18(20)25/h2-10,13-14,16H,11-12,15H2,1H3,(H,26,29)/t16-/m0/s1. The Kier molecular flexibility index (Phi) is 7.29. The summed E-state index contributed by atoms with van der Waals surface area (Å²) in [5.41, 5.74) is 2.25. The van der Waals surface area contributed by atoms with Crippen molar-refractivity contribution in [3.8, 4) is 5.69 Å². The molecule has 0 bridgehead atoms. The van der Waals surface area contributed by atoms with Crippen molar-refractivity contribution in [3.05, 3.63) is 87.0 Å². The van der Waals surface area contributed by atoms with Crippen molar-refractivity contribution < 1.29 is 4.79 Å². The molecule has 5 nitrogen and oxygen atoms in total. The molecule has 0 radical (unpaired) electrons. The third kappa shape index (κ3) is 5.23. The third-order valence-electron chi connectivity index (χ3n) is 4.99. The fourth-order valence-corrected chi connectivity index (χ4v) is 5.18. The van der Waals surface area contributed by atoms with Crippen molar-refractivity contribution in [2.45, 2.75) is 31.0 Å². The van der Waals surface area contributed by atoms with Crippen LogP contribution in [0.2, 0.25) is 5.02 Å². The number of benzene rings is 2. The fraction of sp³-hybridized carbons (Fsp3) is 0.208. The minimum Gasteiger partial charge on any atom is -0.353 e. The topological polar surface area (TPSA) is 64.0 Å². The number of nitrogens with one attached hydrogen (secondary N) is 1. The second-order valence-electron chi connectivity index (χ2n) is 7.40. The van der Waals surface area contributed by atoms with Gasteiger partial charge in [-0.2, -0.15) is 0 Å². The number of halogens is 1. The summed E-state index contributed by atoms with van der Waals surface area (Å²) in [5, 5.41) is 5.78. The minimum atomic E-state index is -0.183. The predicted octanol–water partition coefficient (Wildman–Crippen LogP) is 5.33. The zero-order valence-corrected chi connectivity index (χ0v) is 19.8. The second kappa shape index (κ2) is 10.3. The van der Waals surface area contributed by atoms with Gasteiger partial charge in [0.05, 0.1) is 22.0 Å². The van der Waals surface area contributed by atoms with Gasteiger partial charge >= 0.3 is 0 Å². The van der Waals surface area contributed by atoms with Crippen LogP contribution >= 0.6 is 34.7 Å². The summed E-state index contributed by atoms with van der Waals surface area (Å²) in [7, 11) is 0.